The molecule has 1 aromatic carbocycles. The maximum Gasteiger partial charge on any atom is 0.261 e. The Morgan fingerprint density at radius 3 is 2.38 bits per heavy atom. The second-order valence-electron chi connectivity index (χ2n) is 5.90. The van der Waals surface area contributed by atoms with Crippen LogP contribution in [0.3, 0.4) is 0 Å². The molecule has 0 unspecified atom stereocenters. The molecule has 0 aliphatic heterocycles. The Labute approximate surface area is 125 Å². The number of aryl methyl sites for hydroxylation is 2. The van der Waals surface area contributed by atoms with Gasteiger partial charge in [0.2, 0.25) is 0 Å². The fourth-order valence-electron chi connectivity index (χ4n) is 2.38. The molecule has 1 heterocycles. The largest absolute Gasteiger partial charge is 0.307 e. The van der Waals surface area contributed by atoms with Crippen LogP contribution in [0.1, 0.15) is 35.3 Å². The van der Waals surface area contributed by atoms with Gasteiger partial charge in [-0.25, -0.2) is 0 Å². The predicted molar refractivity (Wildman–Crippen MR) is 85.8 cm³/mol. The van der Waals surface area contributed by atoms with Gasteiger partial charge in [0.05, 0.1) is 11.3 Å². The molecule has 3 nitrogen and oxygen atoms in total. The number of nitrogens with zero attached hydrogens (tertiary/aromatic N) is 1. The van der Waals surface area contributed by atoms with Crippen molar-refractivity contribution in [1.29, 1.82) is 0 Å². The Bertz CT molecular complexity index is 726. The summed E-state index contributed by atoms with van der Waals surface area (Å²) in [5, 5.41) is 0. The minimum atomic E-state index is -0.213. The molecule has 0 aliphatic carbocycles. The number of benzene rings is 1. The van der Waals surface area contributed by atoms with Gasteiger partial charge < -0.3 is 4.57 Å². The number of hydrogen-bond donors (Lipinski definition) is 0. The van der Waals surface area contributed by atoms with Crippen molar-refractivity contribution in [2.75, 3.05) is 0 Å². The summed E-state index contributed by atoms with van der Waals surface area (Å²) in [6.07, 6.45) is 0.628. The molecule has 110 valence electrons. The Morgan fingerprint density at radius 2 is 1.81 bits per heavy atom. The van der Waals surface area contributed by atoms with Crippen LogP contribution in [0.2, 0.25) is 0 Å². The molecule has 0 atom stereocenters. The Hall–Kier alpha value is -2.16. The highest BCUT2D eigenvalue weighted by Crippen LogP contribution is 2.22. The van der Waals surface area contributed by atoms with E-state index in [4.69, 9.17) is 0 Å². The van der Waals surface area contributed by atoms with Gasteiger partial charge >= 0.3 is 0 Å². The second-order valence-corrected chi connectivity index (χ2v) is 5.90. The van der Waals surface area contributed by atoms with E-state index in [2.05, 4.69) is 39.8 Å². The molecule has 0 amide bonds. The van der Waals surface area contributed by atoms with Gasteiger partial charge in [-0.15, -0.1) is 0 Å². The van der Waals surface area contributed by atoms with Crippen molar-refractivity contribution in [3.63, 3.8) is 0 Å². The first-order valence-electron chi connectivity index (χ1n) is 7.20. The van der Waals surface area contributed by atoms with Crippen LogP contribution in [-0.2, 0) is 6.54 Å². The van der Waals surface area contributed by atoms with Crippen LogP contribution in [0.5, 0.6) is 0 Å². The van der Waals surface area contributed by atoms with Gasteiger partial charge in [-0.2, -0.15) is 0 Å². The zero-order valence-electron chi connectivity index (χ0n) is 13.0. The van der Waals surface area contributed by atoms with E-state index in [1.54, 1.807) is 10.6 Å². The lowest BCUT2D eigenvalue weighted by Crippen LogP contribution is -2.26. The normalized spacial score (nSPS) is 10.9. The van der Waals surface area contributed by atoms with Gasteiger partial charge in [-0.1, -0.05) is 26.0 Å². The molecule has 2 rings (SSSR count). The van der Waals surface area contributed by atoms with Crippen LogP contribution in [0.25, 0.3) is 11.3 Å². The van der Waals surface area contributed by atoms with E-state index in [9.17, 15) is 9.59 Å². The van der Waals surface area contributed by atoms with Crippen LogP contribution in [0.15, 0.2) is 35.1 Å². The van der Waals surface area contributed by atoms with Crippen molar-refractivity contribution in [3.05, 3.63) is 57.4 Å². The molecule has 0 aliphatic rings. The van der Waals surface area contributed by atoms with Crippen molar-refractivity contribution < 1.29 is 4.79 Å². The number of hydrogen-bond acceptors (Lipinski definition) is 2. The van der Waals surface area contributed by atoms with E-state index in [-0.39, 0.29) is 11.1 Å². The van der Waals surface area contributed by atoms with Crippen LogP contribution in [0.4, 0.5) is 0 Å². The van der Waals surface area contributed by atoms with Crippen molar-refractivity contribution in [2.45, 2.75) is 34.2 Å². The van der Waals surface area contributed by atoms with Crippen LogP contribution < -0.4 is 5.56 Å². The first-order chi connectivity index (χ1) is 9.93. The van der Waals surface area contributed by atoms with E-state index in [1.165, 1.54) is 11.1 Å². The van der Waals surface area contributed by atoms with Crippen molar-refractivity contribution in [2.24, 2.45) is 5.92 Å². The summed E-state index contributed by atoms with van der Waals surface area (Å²) in [6, 6.07) is 9.63. The maximum atomic E-state index is 12.4. The number of rotatable bonds is 4. The molecule has 0 N–H and O–H groups in total. The zero-order valence-corrected chi connectivity index (χ0v) is 13.0. The van der Waals surface area contributed by atoms with Gasteiger partial charge in [0.1, 0.15) is 0 Å². The third-order valence-electron chi connectivity index (χ3n) is 3.68. The molecule has 0 spiro atoms. The standard InChI is InChI=1S/C18H21NO2/c1-12(2)10-19-17(8-7-16(11-20)18(19)21)15-6-5-13(3)14(4)9-15/h5-9,11-12H,10H2,1-4H3. The first kappa shape index (κ1) is 15.2. The lowest BCUT2D eigenvalue weighted by Gasteiger charge is -2.16. The molecule has 0 saturated heterocycles. The van der Waals surface area contributed by atoms with Gasteiger partial charge in [0.25, 0.3) is 5.56 Å². The average Bonchev–Trinajstić information content (AvgIpc) is 2.44. The lowest BCUT2D eigenvalue weighted by molar-refractivity contribution is 0.112. The Balaban J connectivity index is 2.67. The highest BCUT2D eigenvalue weighted by molar-refractivity contribution is 5.75. The maximum absolute atomic E-state index is 12.4. The third kappa shape index (κ3) is 3.13. The molecule has 0 saturated carbocycles. The van der Waals surface area contributed by atoms with Gasteiger partial charge in [-0.3, -0.25) is 9.59 Å². The van der Waals surface area contributed by atoms with Gasteiger partial charge in [0.15, 0.2) is 6.29 Å². The Kier molecular flexibility index (Phi) is 4.41. The van der Waals surface area contributed by atoms with Crippen molar-refractivity contribution in [3.8, 4) is 11.3 Å². The van der Waals surface area contributed by atoms with Crippen LogP contribution >= 0.6 is 0 Å². The zero-order chi connectivity index (χ0) is 15.6. The number of aldehydes is 1. The predicted octanol–water partition coefficient (Wildman–Crippen LogP) is 3.60. The van der Waals surface area contributed by atoms with Crippen LogP contribution in [-0.4, -0.2) is 10.9 Å². The smallest absolute Gasteiger partial charge is 0.261 e. The van der Waals surface area contributed by atoms with E-state index in [0.717, 1.165) is 11.3 Å². The molecule has 0 radical (unpaired) electrons. The number of aromatic nitrogens is 1. The second kappa shape index (κ2) is 6.08. The fraction of sp³-hybridized carbons (Fsp3) is 0.333. The minimum absolute atomic E-state index is 0.211. The first-order valence-corrected chi connectivity index (χ1v) is 7.20. The fourth-order valence-corrected chi connectivity index (χ4v) is 2.38. The molecule has 3 heteroatoms. The van der Waals surface area contributed by atoms with Crippen molar-refractivity contribution >= 4 is 6.29 Å². The average molecular weight is 283 g/mol. The summed E-state index contributed by atoms with van der Waals surface area (Å²) in [5.74, 6) is 0.329. The highest BCUT2D eigenvalue weighted by Gasteiger charge is 2.12. The highest BCUT2D eigenvalue weighted by atomic mass is 16.1. The number of carbonyl (C=O) groups excluding carboxylic acids is 1. The van der Waals surface area contributed by atoms with E-state index >= 15 is 0 Å². The molecule has 21 heavy (non-hydrogen) atoms. The lowest BCUT2D eigenvalue weighted by atomic mass is 10.0. The monoisotopic (exact) mass is 283 g/mol. The minimum Gasteiger partial charge on any atom is -0.307 e. The topological polar surface area (TPSA) is 39.1 Å². The Morgan fingerprint density at radius 1 is 1.10 bits per heavy atom. The number of carbonyl (C=O) groups is 1. The van der Waals surface area contributed by atoms with E-state index < -0.39 is 0 Å². The van der Waals surface area contributed by atoms with Gasteiger partial charge in [0, 0.05) is 6.54 Å². The molecular formula is C18H21NO2. The summed E-state index contributed by atoms with van der Waals surface area (Å²) in [4.78, 5) is 23.4. The molecule has 0 bridgehead atoms. The molecular weight excluding hydrogens is 262 g/mol. The summed E-state index contributed by atoms with van der Waals surface area (Å²) >= 11 is 0. The number of pyridine rings is 1. The summed E-state index contributed by atoms with van der Waals surface area (Å²) < 4.78 is 1.71. The summed E-state index contributed by atoms with van der Waals surface area (Å²) in [7, 11) is 0. The molecule has 2 aromatic rings. The SMILES string of the molecule is Cc1ccc(-c2ccc(C=O)c(=O)n2CC(C)C)cc1C. The molecule has 1 aromatic heterocycles. The summed E-state index contributed by atoms with van der Waals surface area (Å²) in [5.41, 5.74) is 4.28. The van der Waals surface area contributed by atoms with Crippen molar-refractivity contribution in [1.82, 2.24) is 4.57 Å². The van der Waals surface area contributed by atoms with E-state index in [1.807, 2.05) is 12.1 Å². The quantitative estimate of drug-likeness (QED) is 0.804. The molecule has 0 fully saturated rings. The van der Waals surface area contributed by atoms with Gasteiger partial charge in [-0.05, 0) is 54.7 Å². The van der Waals surface area contributed by atoms with E-state index in [0.29, 0.717) is 18.7 Å². The summed E-state index contributed by atoms with van der Waals surface area (Å²) in [6.45, 7) is 8.84. The van der Waals surface area contributed by atoms with Crippen LogP contribution in [0, 0.1) is 19.8 Å². The third-order valence-corrected chi connectivity index (χ3v) is 3.68.